The fourth-order valence-electron chi connectivity index (χ4n) is 6.25. The van der Waals surface area contributed by atoms with Crippen LogP contribution in [0.25, 0.3) is 27.7 Å². The zero-order valence-electron chi connectivity index (χ0n) is 19.1. The normalized spacial score (nSPS) is 13.0. The first-order valence-corrected chi connectivity index (χ1v) is 12.2. The highest BCUT2D eigenvalue weighted by Gasteiger charge is 2.41. The van der Waals surface area contributed by atoms with Gasteiger partial charge in [-0.2, -0.15) is 0 Å². The zero-order chi connectivity index (χ0) is 22.9. The van der Waals surface area contributed by atoms with Crippen molar-refractivity contribution in [3.8, 4) is 16.8 Å². The molecule has 0 unspecified atom stereocenters. The second-order valence-corrected chi connectivity index (χ2v) is 9.39. The smallest absolute Gasteiger partial charge is 0.248 e. The lowest BCUT2D eigenvalue weighted by Gasteiger charge is -2.39. The molecular weight excluding hydrogens is 423 g/mol. The summed E-state index contributed by atoms with van der Waals surface area (Å²) in [6, 6.07) is 44.0. The van der Waals surface area contributed by atoms with Gasteiger partial charge in [-0.1, -0.05) is 84.3 Å². The molecule has 0 amide bonds. The number of rotatable bonds is 2. The van der Waals surface area contributed by atoms with Gasteiger partial charge in [-0.3, -0.25) is 0 Å². The third-order valence-electron chi connectivity index (χ3n) is 7.61. The third kappa shape index (κ3) is 2.50. The highest BCUT2D eigenvalue weighted by Crippen LogP contribution is 2.42. The van der Waals surface area contributed by atoms with Crippen molar-refractivity contribution in [3.05, 3.63) is 128 Å². The minimum absolute atomic E-state index is 0.209. The Morgan fingerprint density at radius 3 is 1.97 bits per heavy atom. The number of nitrogens with zero attached hydrogens (tertiary/aromatic N) is 2. The Hall–Kier alpha value is -4.50. The molecule has 0 saturated carbocycles. The Kier molecular flexibility index (Phi) is 3.78. The molecule has 5 aromatic carbocycles. The van der Waals surface area contributed by atoms with Gasteiger partial charge in [0.2, 0.25) is 6.71 Å². The van der Waals surface area contributed by atoms with Gasteiger partial charge >= 0.3 is 0 Å². The molecule has 0 N–H and O–H groups in total. The van der Waals surface area contributed by atoms with Gasteiger partial charge in [0.1, 0.15) is 0 Å². The minimum atomic E-state index is 0.209. The summed E-state index contributed by atoms with van der Waals surface area (Å²) in [4.78, 5) is 2.43. The van der Waals surface area contributed by atoms with Crippen LogP contribution >= 0.6 is 0 Å². The summed E-state index contributed by atoms with van der Waals surface area (Å²) >= 11 is 0. The Balaban J connectivity index is 1.50. The second-order valence-electron chi connectivity index (χ2n) is 9.39. The van der Waals surface area contributed by atoms with Crippen molar-refractivity contribution in [1.82, 2.24) is 4.57 Å². The predicted molar refractivity (Wildman–Crippen MR) is 148 cm³/mol. The van der Waals surface area contributed by atoms with Crippen molar-refractivity contribution in [3.63, 3.8) is 0 Å². The largest absolute Gasteiger partial charge is 0.316 e. The van der Waals surface area contributed by atoms with E-state index < -0.39 is 0 Å². The van der Waals surface area contributed by atoms with Crippen molar-refractivity contribution in [2.45, 2.75) is 0 Å². The average molecular weight is 444 g/mol. The van der Waals surface area contributed by atoms with Gasteiger partial charge in [-0.05, 0) is 59.0 Å². The van der Waals surface area contributed by atoms with Crippen LogP contribution in [0.5, 0.6) is 0 Å². The predicted octanol–water partition coefficient (Wildman–Crippen LogP) is 5.91. The van der Waals surface area contributed by atoms with Crippen LogP contribution in [-0.4, -0.2) is 11.3 Å². The van der Waals surface area contributed by atoms with Crippen molar-refractivity contribution >= 4 is 51.1 Å². The molecule has 2 aliphatic rings. The van der Waals surface area contributed by atoms with Gasteiger partial charge in [0.25, 0.3) is 0 Å². The Morgan fingerprint density at radius 2 is 1.14 bits per heavy atom. The molecule has 1 aromatic heterocycles. The van der Waals surface area contributed by atoms with E-state index in [1.165, 1.54) is 61.2 Å². The van der Waals surface area contributed by atoms with E-state index in [-0.39, 0.29) is 6.71 Å². The van der Waals surface area contributed by atoms with Crippen molar-refractivity contribution in [2.75, 3.05) is 4.90 Å². The maximum atomic E-state index is 2.43. The number of benzene rings is 5. The molecule has 0 aliphatic carbocycles. The van der Waals surface area contributed by atoms with Crippen LogP contribution in [0.3, 0.4) is 0 Å². The van der Waals surface area contributed by atoms with E-state index >= 15 is 0 Å². The van der Waals surface area contributed by atoms with Crippen LogP contribution < -0.4 is 21.3 Å². The summed E-state index contributed by atoms with van der Waals surface area (Å²) in [5.41, 5.74) is 13.0. The minimum Gasteiger partial charge on any atom is -0.316 e. The number of hydrogen-bond donors (Lipinski definition) is 0. The molecule has 6 aromatic rings. The summed E-state index contributed by atoms with van der Waals surface area (Å²) in [5.74, 6) is 0. The zero-order valence-corrected chi connectivity index (χ0v) is 19.1. The molecule has 162 valence electrons. The number of hydrogen-bond acceptors (Lipinski definition) is 1. The van der Waals surface area contributed by atoms with Crippen molar-refractivity contribution in [2.24, 2.45) is 0 Å². The highest BCUT2D eigenvalue weighted by molar-refractivity contribution is 7.00. The van der Waals surface area contributed by atoms with E-state index in [4.69, 9.17) is 0 Å². The topological polar surface area (TPSA) is 8.17 Å². The van der Waals surface area contributed by atoms with E-state index in [0.29, 0.717) is 0 Å². The van der Waals surface area contributed by atoms with Crippen LogP contribution in [0.15, 0.2) is 128 Å². The molecule has 8 rings (SSSR count). The van der Waals surface area contributed by atoms with Gasteiger partial charge in [0.05, 0.1) is 5.52 Å². The Labute approximate surface area is 204 Å². The van der Waals surface area contributed by atoms with Crippen LogP contribution in [0.1, 0.15) is 0 Å². The lowest BCUT2D eigenvalue weighted by molar-refractivity contribution is 1.13. The summed E-state index contributed by atoms with van der Waals surface area (Å²) in [7, 11) is 0. The highest BCUT2D eigenvalue weighted by atomic mass is 15.1. The third-order valence-corrected chi connectivity index (χ3v) is 7.61. The molecule has 0 atom stereocenters. The summed E-state index contributed by atoms with van der Waals surface area (Å²) in [6.07, 6.45) is 2.34. The van der Waals surface area contributed by atoms with Gasteiger partial charge in [-0.25, -0.2) is 0 Å². The van der Waals surface area contributed by atoms with Crippen LogP contribution in [0, 0.1) is 0 Å². The van der Waals surface area contributed by atoms with Gasteiger partial charge in [0.15, 0.2) is 0 Å². The molecule has 0 saturated heterocycles. The number of para-hydroxylation sites is 3. The Morgan fingerprint density at radius 1 is 0.486 bits per heavy atom. The summed E-state index contributed by atoms with van der Waals surface area (Å²) in [6.45, 7) is 0.209. The molecule has 3 heteroatoms. The SMILES string of the molecule is c1ccc(N2c3ccccc3B3c4c(cccc42)-c2cn(-c4ccccc4)c4cccc3c24)cc1. The molecule has 0 radical (unpaired) electrons. The lowest BCUT2D eigenvalue weighted by atomic mass is 9.32. The van der Waals surface area contributed by atoms with Crippen LogP contribution in [-0.2, 0) is 0 Å². The molecule has 2 nitrogen and oxygen atoms in total. The molecule has 0 fully saturated rings. The van der Waals surface area contributed by atoms with E-state index in [0.717, 1.165) is 0 Å². The molecule has 0 spiro atoms. The maximum absolute atomic E-state index is 2.43. The van der Waals surface area contributed by atoms with E-state index in [2.05, 4.69) is 137 Å². The maximum Gasteiger partial charge on any atom is 0.248 e. The number of fused-ring (bicyclic) bond motifs is 4. The molecule has 2 aliphatic heterocycles. The quantitative estimate of drug-likeness (QED) is 0.301. The first-order valence-electron chi connectivity index (χ1n) is 12.2. The van der Waals surface area contributed by atoms with Gasteiger partial charge in [-0.15, -0.1) is 0 Å². The monoisotopic (exact) mass is 444 g/mol. The molecule has 3 heterocycles. The van der Waals surface area contributed by atoms with Gasteiger partial charge in [0, 0.05) is 39.9 Å². The van der Waals surface area contributed by atoms with Crippen molar-refractivity contribution < 1.29 is 0 Å². The second kappa shape index (κ2) is 7.00. The first kappa shape index (κ1) is 18.9. The summed E-state index contributed by atoms with van der Waals surface area (Å²) in [5, 5.41) is 1.37. The fraction of sp³-hybridized carbons (Fsp3) is 0. The van der Waals surface area contributed by atoms with Crippen molar-refractivity contribution in [1.29, 1.82) is 0 Å². The molecular formula is C32H21BN2. The van der Waals surface area contributed by atoms with Gasteiger partial charge < -0.3 is 9.47 Å². The van der Waals surface area contributed by atoms with E-state index in [1.807, 2.05) is 0 Å². The van der Waals surface area contributed by atoms with E-state index in [9.17, 15) is 0 Å². The average Bonchev–Trinajstić information content (AvgIpc) is 3.32. The number of anilines is 3. The number of aromatic nitrogens is 1. The van der Waals surface area contributed by atoms with E-state index in [1.54, 1.807) is 0 Å². The van der Waals surface area contributed by atoms with Crippen LogP contribution in [0.2, 0.25) is 0 Å². The summed E-state index contributed by atoms with van der Waals surface area (Å²) < 4.78 is 2.35. The standard InChI is InChI=1S/C32H21BN2/c1-3-11-22(12-4-1)34-21-25-24-15-9-20-30-32(24)33(27-17-10-19-29(34)31(25)27)26-16-7-8-18-28(26)35(30)23-13-5-2-6-14-23/h1-21H. The van der Waals surface area contributed by atoms with Crippen LogP contribution in [0.4, 0.5) is 17.1 Å². The molecule has 35 heavy (non-hydrogen) atoms. The Bertz CT molecular complexity index is 1750. The first-order chi connectivity index (χ1) is 17.4. The fourth-order valence-corrected chi connectivity index (χ4v) is 6.25. The lowest BCUT2D eigenvalue weighted by Crippen LogP contribution is -2.59. The molecule has 0 bridgehead atoms.